The molecule has 1 heterocycles. The van der Waals surface area contributed by atoms with Crippen molar-refractivity contribution >= 4 is 11.8 Å². The predicted molar refractivity (Wildman–Crippen MR) is 64.8 cm³/mol. The molecule has 0 bridgehead atoms. The third-order valence-corrected chi connectivity index (χ3v) is 3.39. The third kappa shape index (κ3) is 3.17. The van der Waals surface area contributed by atoms with E-state index in [0.717, 1.165) is 6.54 Å². The van der Waals surface area contributed by atoms with Gasteiger partial charge in [0, 0.05) is 25.6 Å². The largest absolute Gasteiger partial charge is 0.353 e. The number of nitrogens with one attached hydrogen (secondary N) is 2. The Morgan fingerprint density at radius 2 is 2.29 bits per heavy atom. The fraction of sp³-hybridized carbons (Fsp3) is 0.818. The maximum atomic E-state index is 11.8. The molecule has 1 rings (SSSR count). The molecule has 0 spiro atoms. The van der Waals surface area contributed by atoms with Crippen LogP contribution in [0.4, 0.5) is 0 Å². The van der Waals surface area contributed by atoms with Gasteiger partial charge in [-0.3, -0.25) is 19.9 Å². The lowest BCUT2D eigenvalue weighted by Gasteiger charge is -2.44. The molecule has 1 unspecified atom stereocenters. The van der Waals surface area contributed by atoms with Crippen molar-refractivity contribution < 1.29 is 9.59 Å². The zero-order valence-electron chi connectivity index (χ0n) is 10.7. The summed E-state index contributed by atoms with van der Waals surface area (Å²) in [5.41, 5.74) is 1.60. The van der Waals surface area contributed by atoms with Crippen LogP contribution in [0.2, 0.25) is 0 Å². The Morgan fingerprint density at radius 1 is 1.65 bits per heavy atom. The van der Waals surface area contributed by atoms with E-state index in [-0.39, 0.29) is 17.9 Å². The van der Waals surface area contributed by atoms with Crippen molar-refractivity contribution in [3.8, 4) is 0 Å². The lowest BCUT2D eigenvalue weighted by atomic mass is 9.95. The van der Waals surface area contributed by atoms with Crippen LogP contribution in [-0.4, -0.2) is 41.4 Å². The monoisotopic (exact) mass is 242 g/mol. The molecule has 6 heteroatoms. The van der Waals surface area contributed by atoms with Gasteiger partial charge in [-0.25, -0.2) is 5.84 Å². The molecule has 0 aromatic rings. The Labute approximate surface area is 102 Å². The first-order valence-corrected chi connectivity index (χ1v) is 5.94. The van der Waals surface area contributed by atoms with Crippen molar-refractivity contribution in [2.24, 2.45) is 5.84 Å². The van der Waals surface area contributed by atoms with Crippen LogP contribution in [0.5, 0.6) is 0 Å². The highest BCUT2D eigenvalue weighted by molar-refractivity contribution is 5.86. The molecule has 1 aliphatic rings. The van der Waals surface area contributed by atoms with Gasteiger partial charge >= 0.3 is 0 Å². The molecule has 1 atom stereocenters. The van der Waals surface area contributed by atoms with Gasteiger partial charge in [0.25, 0.3) is 0 Å². The molecular formula is C11H22N4O2. The van der Waals surface area contributed by atoms with Crippen LogP contribution in [0.25, 0.3) is 0 Å². The van der Waals surface area contributed by atoms with Crippen LogP contribution in [0.15, 0.2) is 0 Å². The first-order chi connectivity index (χ1) is 7.89. The van der Waals surface area contributed by atoms with Gasteiger partial charge in [0.15, 0.2) is 0 Å². The minimum absolute atomic E-state index is 0.0406. The molecule has 2 amide bonds. The maximum Gasteiger partial charge on any atom is 0.240 e. The Balaban J connectivity index is 2.58. The highest BCUT2D eigenvalue weighted by Gasteiger charge is 2.39. The molecule has 0 aromatic carbocycles. The zero-order valence-corrected chi connectivity index (χ0v) is 10.7. The van der Waals surface area contributed by atoms with E-state index in [9.17, 15) is 9.59 Å². The van der Waals surface area contributed by atoms with E-state index in [4.69, 9.17) is 5.84 Å². The summed E-state index contributed by atoms with van der Waals surface area (Å²) in [7, 11) is 0. The number of carbonyl (C=O) groups is 2. The quantitative estimate of drug-likeness (QED) is 0.347. The van der Waals surface area contributed by atoms with Gasteiger partial charge in [0.05, 0.1) is 5.54 Å². The molecule has 0 aromatic heterocycles. The van der Waals surface area contributed by atoms with Crippen molar-refractivity contribution in [3.63, 3.8) is 0 Å². The molecule has 0 aliphatic carbocycles. The number of piperazine rings is 1. The summed E-state index contributed by atoms with van der Waals surface area (Å²) in [6.45, 7) is 7.31. The summed E-state index contributed by atoms with van der Waals surface area (Å²) in [6.07, 6.45) is 1.08. The van der Waals surface area contributed by atoms with E-state index in [1.165, 1.54) is 0 Å². The van der Waals surface area contributed by atoms with E-state index < -0.39 is 5.54 Å². The van der Waals surface area contributed by atoms with Gasteiger partial charge in [0.1, 0.15) is 0 Å². The number of nitrogens with zero attached hydrogens (tertiary/aromatic N) is 1. The lowest BCUT2D eigenvalue weighted by molar-refractivity contribution is -0.137. The topological polar surface area (TPSA) is 87.5 Å². The molecule has 1 saturated heterocycles. The van der Waals surface area contributed by atoms with E-state index in [2.05, 4.69) is 15.6 Å². The van der Waals surface area contributed by atoms with Gasteiger partial charge in [-0.15, -0.1) is 0 Å². The van der Waals surface area contributed by atoms with Gasteiger partial charge in [-0.1, -0.05) is 0 Å². The number of amides is 2. The number of hydrogen-bond donors (Lipinski definition) is 3. The first kappa shape index (κ1) is 13.9. The fourth-order valence-corrected chi connectivity index (χ4v) is 2.26. The van der Waals surface area contributed by atoms with Crippen molar-refractivity contribution in [1.29, 1.82) is 0 Å². The summed E-state index contributed by atoms with van der Waals surface area (Å²) in [5.74, 6) is 4.91. The zero-order chi connectivity index (χ0) is 13.1. The van der Waals surface area contributed by atoms with Crippen LogP contribution in [0.3, 0.4) is 0 Å². The van der Waals surface area contributed by atoms with Crippen molar-refractivity contribution in [2.45, 2.75) is 45.2 Å². The highest BCUT2D eigenvalue weighted by Crippen LogP contribution is 2.22. The average Bonchev–Trinajstić information content (AvgIpc) is 2.29. The predicted octanol–water partition coefficient (Wildman–Crippen LogP) is -0.645. The Bertz CT molecular complexity index is 304. The van der Waals surface area contributed by atoms with Crippen LogP contribution < -0.4 is 16.6 Å². The minimum atomic E-state index is -0.517. The average molecular weight is 242 g/mol. The van der Waals surface area contributed by atoms with E-state index in [1.54, 1.807) is 0 Å². The smallest absolute Gasteiger partial charge is 0.240 e. The Morgan fingerprint density at radius 3 is 2.88 bits per heavy atom. The fourth-order valence-electron chi connectivity index (χ4n) is 2.26. The number of hydrogen-bond acceptors (Lipinski definition) is 4. The highest BCUT2D eigenvalue weighted by atomic mass is 16.2. The molecule has 1 fully saturated rings. The maximum absolute atomic E-state index is 11.8. The van der Waals surface area contributed by atoms with Crippen molar-refractivity contribution in [3.05, 3.63) is 0 Å². The van der Waals surface area contributed by atoms with Crippen LogP contribution >= 0.6 is 0 Å². The second-order valence-electron chi connectivity index (χ2n) is 4.96. The summed E-state index contributed by atoms with van der Waals surface area (Å²) in [4.78, 5) is 25.0. The molecule has 17 heavy (non-hydrogen) atoms. The summed E-state index contributed by atoms with van der Waals surface area (Å²) >= 11 is 0. The molecule has 0 saturated carbocycles. The molecule has 4 N–H and O–H groups in total. The first-order valence-electron chi connectivity index (χ1n) is 5.94. The van der Waals surface area contributed by atoms with Crippen LogP contribution in [-0.2, 0) is 9.59 Å². The van der Waals surface area contributed by atoms with Gasteiger partial charge < -0.3 is 5.32 Å². The summed E-state index contributed by atoms with van der Waals surface area (Å²) in [5, 5.41) is 2.85. The Kier molecular flexibility index (Phi) is 4.47. The molecule has 1 aliphatic heterocycles. The van der Waals surface area contributed by atoms with Gasteiger partial charge in [-0.05, 0) is 27.2 Å². The minimum Gasteiger partial charge on any atom is -0.353 e. The SMILES string of the molecule is CC(CCC(=O)NN)N1CCNC(=O)C1(C)C. The van der Waals surface area contributed by atoms with Crippen LogP contribution in [0.1, 0.15) is 33.6 Å². The van der Waals surface area contributed by atoms with Crippen molar-refractivity contribution in [1.82, 2.24) is 15.6 Å². The van der Waals surface area contributed by atoms with Crippen LogP contribution in [0, 0.1) is 0 Å². The van der Waals surface area contributed by atoms with E-state index >= 15 is 0 Å². The van der Waals surface area contributed by atoms with Gasteiger partial charge in [0.2, 0.25) is 11.8 Å². The second kappa shape index (κ2) is 5.46. The molecule has 98 valence electrons. The third-order valence-electron chi connectivity index (χ3n) is 3.39. The summed E-state index contributed by atoms with van der Waals surface area (Å²) in [6, 6.07) is 0.174. The number of nitrogens with two attached hydrogens (primary N) is 1. The number of hydrazine groups is 1. The standard InChI is InChI=1S/C11H22N4O2/c1-8(4-5-9(16)14-12)15-7-6-13-10(17)11(15,2)3/h8H,4-7,12H2,1-3H3,(H,13,17)(H,14,16). The molecular weight excluding hydrogens is 220 g/mol. The Hall–Kier alpha value is -1.14. The normalized spacial score (nSPS) is 21.8. The number of rotatable bonds is 4. The van der Waals surface area contributed by atoms with Gasteiger partial charge in [-0.2, -0.15) is 0 Å². The molecule has 6 nitrogen and oxygen atoms in total. The number of carbonyl (C=O) groups excluding carboxylic acids is 2. The molecule has 0 radical (unpaired) electrons. The van der Waals surface area contributed by atoms with E-state index in [1.807, 2.05) is 20.8 Å². The van der Waals surface area contributed by atoms with Crippen molar-refractivity contribution in [2.75, 3.05) is 13.1 Å². The summed E-state index contributed by atoms with van der Waals surface area (Å²) < 4.78 is 0. The lowest BCUT2D eigenvalue weighted by Crippen LogP contribution is -2.64. The van der Waals surface area contributed by atoms with E-state index in [0.29, 0.717) is 19.4 Å². The second-order valence-corrected chi connectivity index (χ2v) is 4.96.